The monoisotopic (exact) mass is 264 g/mol. The summed E-state index contributed by atoms with van der Waals surface area (Å²) in [6.07, 6.45) is 1.20. The van der Waals surface area contributed by atoms with Crippen LogP contribution in [0.2, 0.25) is 0 Å². The number of carbonyl (C=O) groups excluding carboxylic acids is 1. The van der Waals surface area contributed by atoms with E-state index in [4.69, 9.17) is 9.47 Å². The Labute approximate surface area is 102 Å². The first kappa shape index (κ1) is 14.4. The summed E-state index contributed by atoms with van der Waals surface area (Å²) in [5.41, 5.74) is 0. The summed E-state index contributed by atoms with van der Waals surface area (Å²) in [5.74, 6) is -0.624. The van der Waals surface area contributed by atoms with Crippen LogP contribution in [-0.2, 0) is 24.1 Å². The summed E-state index contributed by atoms with van der Waals surface area (Å²) in [4.78, 5) is 11.6. The zero-order valence-corrected chi connectivity index (χ0v) is 11.2. The lowest BCUT2D eigenvalue weighted by atomic mass is 10.2. The summed E-state index contributed by atoms with van der Waals surface area (Å²) in [7, 11) is -3.45. The molecule has 1 unspecified atom stereocenters. The van der Waals surface area contributed by atoms with Crippen LogP contribution in [0.4, 0.5) is 0 Å². The van der Waals surface area contributed by atoms with Gasteiger partial charge in [-0.15, -0.1) is 0 Å². The number of carbonyl (C=O) groups is 1. The minimum absolute atomic E-state index is 0.207. The molecule has 0 saturated carbocycles. The van der Waals surface area contributed by atoms with E-state index in [1.807, 2.05) is 0 Å². The van der Waals surface area contributed by atoms with Crippen molar-refractivity contribution < 1.29 is 22.7 Å². The third-order valence-electron chi connectivity index (χ3n) is 2.95. The highest BCUT2D eigenvalue weighted by Crippen LogP contribution is 2.22. The summed E-state index contributed by atoms with van der Waals surface area (Å²) in [6, 6.07) is 0. The van der Waals surface area contributed by atoms with Crippen molar-refractivity contribution in [1.29, 1.82) is 0 Å². The Kier molecular flexibility index (Phi) is 5.39. The van der Waals surface area contributed by atoms with Gasteiger partial charge in [-0.3, -0.25) is 4.79 Å². The molecule has 0 N–H and O–H groups in total. The normalized spacial score (nSPS) is 19.9. The van der Waals surface area contributed by atoms with Crippen molar-refractivity contribution in [3.05, 3.63) is 0 Å². The fraction of sp³-hybridized carbons (Fsp3) is 0.909. The zero-order valence-electron chi connectivity index (χ0n) is 10.3. The maximum Gasteiger partial charge on any atom is 0.324 e. The molecule has 0 aromatic heterocycles. The molecular formula is C11H20O5S. The Hall–Kier alpha value is -0.620. The minimum Gasteiger partial charge on any atom is -0.465 e. The van der Waals surface area contributed by atoms with E-state index in [0.29, 0.717) is 26.1 Å². The van der Waals surface area contributed by atoms with Gasteiger partial charge in [0.15, 0.2) is 15.1 Å². The van der Waals surface area contributed by atoms with Crippen molar-refractivity contribution in [2.75, 3.05) is 19.8 Å². The molecule has 0 aromatic carbocycles. The molecular weight excluding hydrogens is 244 g/mol. The first-order chi connectivity index (χ1) is 8.04. The highest BCUT2D eigenvalue weighted by Gasteiger charge is 2.39. The van der Waals surface area contributed by atoms with Crippen LogP contribution >= 0.6 is 0 Å². The van der Waals surface area contributed by atoms with Crippen LogP contribution in [0.5, 0.6) is 0 Å². The molecule has 0 bridgehead atoms. The predicted molar refractivity (Wildman–Crippen MR) is 63.5 cm³/mol. The van der Waals surface area contributed by atoms with Gasteiger partial charge in [0, 0.05) is 13.2 Å². The van der Waals surface area contributed by atoms with Gasteiger partial charge in [0.2, 0.25) is 0 Å². The molecule has 1 rings (SSSR count). The molecule has 1 atom stereocenters. The van der Waals surface area contributed by atoms with Crippen LogP contribution in [-0.4, -0.2) is 44.7 Å². The molecule has 0 radical (unpaired) electrons. The second-order valence-corrected chi connectivity index (χ2v) is 6.46. The zero-order chi connectivity index (χ0) is 12.9. The average molecular weight is 264 g/mol. The Bertz CT molecular complexity index is 343. The Morgan fingerprint density at radius 3 is 2.41 bits per heavy atom. The van der Waals surface area contributed by atoms with E-state index in [0.717, 1.165) is 0 Å². The van der Waals surface area contributed by atoms with E-state index < -0.39 is 26.3 Å². The number of esters is 1. The van der Waals surface area contributed by atoms with Crippen LogP contribution in [0.3, 0.4) is 0 Å². The number of rotatable bonds is 5. The smallest absolute Gasteiger partial charge is 0.324 e. The summed E-state index contributed by atoms with van der Waals surface area (Å²) in [5, 5.41) is -1.49. The fourth-order valence-electron chi connectivity index (χ4n) is 2.01. The van der Waals surface area contributed by atoms with Crippen LogP contribution < -0.4 is 0 Å². The first-order valence-electron chi connectivity index (χ1n) is 6.01. The van der Waals surface area contributed by atoms with Gasteiger partial charge in [-0.2, -0.15) is 0 Å². The van der Waals surface area contributed by atoms with Crippen LogP contribution in [0.25, 0.3) is 0 Å². The van der Waals surface area contributed by atoms with Gasteiger partial charge >= 0.3 is 5.97 Å². The van der Waals surface area contributed by atoms with E-state index >= 15 is 0 Å². The van der Waals surface area contributed by atoms with Gasteiger partial charge in [0.1, 0.15) is 0 Å². The van der Waals surface area contributed by atoms with Gasteiger partial charge in [0.05, 0.1) is 11.9 Å². The molecule has 6 heteroatoms. The van der Waals surface area contributed by atoms with Gasteiger partial charge in [-0.1, -0.05) is 6.92 Å². The van der Waals surface area contributed by atoms with Crippen LogP contribution in [0, 0.1) is 0 Å². The maximum atomic E-state index is 12.3. The quantitative estimate of drug-likeness (QED) is 0.691. The summed E-state index contributed by atoms with van der Waals surface area (Å²) < 4.78 is 34.5. The Balaban J connectivity index is 2.81. The van der Waals surface area contributed by atoms with E-state index in [-0.39, 0.29) is 13.0 Å². The molecule has 1 saturated heterocycles. The van der Waals surface area contributed by atoms with E-state index in [1.54, 1.807) is 13.8 Å². The molecule has 5 nitrogen and oxygen atoms in total. The number of sulfone groups is 1. The third kappa shape index (κ3) is 3.42. The van der Waals surface area contributed by atoms with Crippen molar-refractivity contribution >= 4 is 15.8 Å². The first-order valence-corrected chi connectivity index (χ1v) is 7.62. The standard InChI is InChI=1S/C11H20O5S/c1-3-10(11(12)16-4-2)17(13,14)9-5-7-15-8-6-9/h9-10H,3-8H2,1-2H3. The Morgan fingerprint density at radius 2 is 1.94 bits per heavy atom. The summed E-state index contributed by atoms with van der Waals surface area (Å²) >= 11 is 0. The number of ether oxygens (including phenoxy) is 2. The molecule has 0 aromatic rings. The molecule has 1 aliphatic heterocycles. The minimum atomic E-state index is -3.45. The average Bonchev–Trinajstić information content (AvgIpc) is 2.31. The lowest BCUT2D eigenvalue weighted by molar-refractivity contribution is -0.142. The molecule has 100 valence electrons. The van der Waals surface area contributed by atoms with Crippen molar-refractivity contribution in [2.24, 2.45) is 0 Å². The van der Waals surface area contributed by atoms with Crippen molar-refractivity contribution in [3.63, 3.8) is 0 Å². The van der Waals surface area contributed by atoms with E-state index in [2.05, 4.69) is 0 Å². The SMILES string of the molecule is CCOC(=O)C(CC)S(=O)(=O)C1CCOCC1. The highest BCUT2D eigenvalue weighted by molar-refractivity contribution is 7.93. The van der Waals surface area contributed by atoms with Crippen molar-refractivity contribution in [3.8, 4) is 0 Å². The largest absolute Gasteiger partial charge is 0.465 e. The molecule has 1 fully saturated rings. The molecule has 0 aliphatic carbocycles. The van der Waals surface area contributed by atoms with Gasteiger partial charge < -0.3 is 9.47 Å². The third-order valence-corrected chi connectivity index (χ3v) is 5.67. The van der Waals surface area contributed by atoms with Crippen LogP contribution in [0.1, 0.15) is 33.1 Å². The lowest BCUT2D eigenvalue weighted by Gasteiger charge is -2.25. The van der Waals surface area contributed by atoms with E-state index in [1.165, 1.54) is 0 Å². The molecule has 0 spiro atoms. The number of hydrogen-bond donors (Lipinski definition) is 0. The highest BCUT2D eigenvalue weighted by atomic mass is 32.2. The van der Waals surface area contributed by atoms with Crippen molar-refractivity contribution in [2.45, 2.75) is 43.6 Å². The molecule has 1 heterocycles. The van der Waals surface area contributed by atoms with Gasteiger partial charge in [0.25, 0.3) is 0 Å². The lowest BCUT2D eigenvalue weighted by Crippen LogP contribution is -2.40. The molecule has 0 amide bonds. The van der Waals surface area contributed by atoms with Crippen LogP contribution in [0.15, 0.2) is 0 Å². The maximum absolute atomic E-state index is 12.3. The summed E-state index contributed by atoms with van der Waals surface area (Å²) in [6.45, 7) is 4.47. The molecule has 1 aliphatic rings. The Morgan fingerprint density at radius 1 is 1.35 bits per heavy atom. The van der Waals surface area contributed by atoms with Gasteiger partial charge in [-0.05, 0) is 26.2 Å². The van der Waals surface area contributed by atoms with E-state index in [9.17, 15) is 13.2 Å². The number of hydrogen-bond acceptors (Lipinski definition) is 5. The van der Waals surface area contributed by atoms with Gasteiger partial charge in [-0.25, -0.2) is 8.42 Å². The topological polar surface area (TPSA) is 69.7 Å². The molecule has 17 heavy (non-hydrogen) atoms. The second-order valence-electron chi connectivity index (χ2n) is 4.05. The second kappa shape index (κ2) is 6.35. The predicted octanol–water partition coefficient (Wildman–Crippen LogP) is 0.922. The van der Waals surface area contributed by atoms with Crippen molar-refractivity contribution in [1.82, 2.24) is 0 Å². The fourth-order valence-corrected chi connectivity index (χ4v) is 4.12.